The van der Waals surface area contributed by atoms with Gasteiger partial charge in [-0.15, -0.1) is 0 Å². The molecule has 0 aliphatic rings. The van der Waals surface area contributed by atoms with Gasteiger partial charge in [0.25, 0.3) is 0 Å². The van der Waals surface area contributed by atoms with E-state index in [0.717, 1.165) is 0 Å². The van der Waals surface area contributed by atoms with E-state index in [2.05, 4.69) is 15.3 Å². The minimum absolute atomic E-state index is 0.00649. The molecule has 17 heavy (non-hydrogen) atoms. The molecule has 8 nitrogen and oxygen atoms in total. The molecule has 0 fully saturated rings. The molecule has 0 atom stereocenters. The van der Waals surface area contributed by atoms with Crippen molar-refractivity contribution in [3.8, 4) is 0 Å². The van der Waals surface area contributed by atoms with Crippen molar-refractivity contribution in [2.45, 2.75) is 13.8 Å². The summed E-state index contributed by atoms with van der Waals surface area (Å²) in [5, 5.41) is 13.7. The molecule has 0 saturated heterocycles. The van der Waals surface area contributed by atoms with Gasteiger partial charge in [-0.1, -0.05) is 0 Å². The Hall–Kier alpha value is -1.96. The van der Waals surface area contributed by atoms with Crippen LogP contribution in [-0.2, 0) is 4.74 Å². The van der Waals surface area contributed by atoms with Gasteiger partial charge in [0.1, 0.15) is 5.69 Å². The zero-order valence-corrected chi connectivity index (χ0v) is 9.77. The van der Waals surface area contributed by atoms with Crippen LogP contribution in [0.2, 0.25) is 0 Å². The van der Waals surface area contributed by atoms with Crippen molar-refractivity contribution in [2.75, 3.05) is 30.8 Å². The average molecular weight is 241 g/mol. The molecule has 1 aromatic heterocycles. The molecule has 1 aromatic rings. The first kappa shape index (κ1) is 13.1. The molecule has 0 saturated carbocycles. The molecule has 94 valence electrons. The van der Waals surface area contributed by atoms with Crippen LogP contribution in [0.3, 0.4) is 0 Å². The third-order valence-electron chi connectivity index (χ3n) is 2.00. The summed E-state index contributed by atoms with van der Waals surface area (Å²) < 4.78 is 5.11. The Balaban J connectivity index is 2.85. The number of aryl methyl sites for hydroxylation is 1. The van der Waals surface area contributed by atoms with E-state index in [9.17, 15) is 10.1 Å². The smallest absolute Gasteiger partial charge is 0.332 e. The largest absolute Gasteiger partial charge is 0.380 e. The molecule has 1 heterocycles. The second-order valence-corrected chi connectivity index (χ2v) is 3.25. The van der Waals surface area contributed by atoms with E-state index < -0.39 is 4.92 Å². The monoisotopic (exact) mass is 241 g/mol. The van der Waals surface area contributed by atoms with Crippen LogP contribution in [0.1, 0.15) is 12.6 Å². The third kappa shape index (κ3) is 3.52. The highest BCUT2D eigenvalue weighted by Gasteiger charge is 2.20. The summed E-state index contributed by atoms with van der Waals surface area (Å²) in [5.74, 6) is 0.131. The van der Waals surface area contributed by atoms with Crippen LogP contribution in [0.25, 0.3) is 0 Å². The van der Waals surface area contributed by atoms with Crippen molar-refractivity contribution in [3.05, 3.63) is 15.8 Å². The van der Waals surface area contributed by atoms with Gasteiger partial charge in [-0.2, -0.15) is 4.98 Å². The summed E-state index contributed by atoms with van der Waals surface area (Å²) >= 11 is 0. The lowest BCUT2D eigenvalue weighted by molar-refractivity contribution is -0.385. The van der Waals surface area contributed by atoms with E-state index in [1.54, 1.807) is 0 Å². The number of anilines is 2. The SMILES string of the molecule is CCOCCNc1nc(N)nc(C)c1[N+](=O)[O-]. The van der Waals surface area contributed by atoms with Crippen molar-refractivity contribution in [3.63, 3.8) is 0 Å². The molecular weight excluding hydrogens is 226 g/mol. The number of nitrogen functional groups attached to an aromatic ring is 1. The molecule has 3 N–H and O–H groups in total. The number of hydrogen-bond donors (Lipinski definition) is 2. The lowest BCUT2D eigenvalue weighted by Crippen LogP contribution is -2.14. The first-order valence-corrected chi connectivity index (χ1v) is 5.16. The molecular formula is C9H15N5O3. The number of nitrogens with two attached hydrogens (primary N) is 1. The molecule has 0 aliphatic carbocycles. The lowest BCUT2D eigenvalue weighted by Gasteiger charge is -2.07. The van der Waals surface area contributed by atoms with Gasteiger partial charge in [0, 0.05) is 13.2 Å². The topological polar surface area (TPSA) is 116 Å². The second-order valence-electron chi connectivity index (χ2n) is 3.25. The summed E-state index contributed by atoms with van der Waals surface area (Å²) in [6, 6.07) is 0. The van der Waals surface area contributed by atoms with E-state index in [0.29, 0.717) is 19.8 Å². The van der Waals surface area contributed by atoms with Crippen LogP contribution in [0, 0.1) is 17.0 Å². The fourth-order valence-corrected chi connectivity index (χ4v) is 1.32. The second kappa shape index (κ2) is 5.94. The van der Waals surface area contributed by atoms with Crippen molar-refractivity contribution < 1.29 is 9.66 Å². The molecule has 0 aromatic carbocycles. The predicted molar refractivity (Wildman–Crippen MR) is 62.8 cm³/mol. The number of nitrogens with one attached hydrogen (secondary N) is 1. The van der Waals surface area contributed by atoms with Gasteiger partial charge in [-0.25, -0.2) is 4.98 Å². The molecule has 0 bridgehead atoms. The van der Waals surface area contributed by atoms with Gasteiger partial charge in [0.2, 0.25) is 11.8 Å². The maximum Gasteiger partial charge on any atom is 0.332 e. The molecule has 8 heteroatoms. The normalized spacial score (nSPS) is 10.2. The standard InChI is InChI=1S/C9H15N5O3/c1-3-17-5-4-11-8-7(14(15)16)6(2)12-9(10)13-8/h3-5H2,1-2H3,(H3,10,11,12,13). The first-order chi connectivity index (χ1) is 8.06. The van der Waals surface area contributed by atoms with Gasteiger partial charge in [-0.05, 0) is 13.8 Å². The maximum atomic E-state index is 10.9. The van der Waals surface area contributed by atoms with Crippen molar-refractivity contribution in [2.24, 2.45) is 0 Å². The highest BCUT2D eigenvalue weighted by Crippen LogP contribution is 2.25. The van der Waals surface area contributed by atoms with E-state index in [-0.39, 0.29) is 23.1 Å². The Morgan fingerprint density at radius 3 is 2.82 bits per heavy atom. The molecule has 0 amide bonds. The minimum atomic E-state index is -0.530. The molecule has 0 unspecified atom stereocenters. The average Bonchev–Trinajstić information content (AvgIpc) is 2.22. The van der Waals surface area contributed by atoms with Gasteiger partial charge >= 0.3 is 5.69 Å². The van der Waals surface area contributed by atoms with Crippen molar-refractivity contribution >= 4 is 17.5 Å². The highest BCUT2D eigenvalue weighted by atomic mass is 16.6. The Labute approximate surface area is 98.4 Å². The van der Waals surface area contributed by atoms with Crippen molar-refractivity contribution in [1.82, 2.24) is 9.97 Å². The summed E-state index contributed by atoms with van der Waals surface area (Å²) in [7, 11) is 0. The van der Waals surface area contributed by atoms with Crippen LogP contribution in [0.5, 0.6) is 0 Å². The summed E-state index contributed by atoms with van der Waals surface area (Å²) in [4.78, 5) is 17.9. The van der Waals surface area contributed by atoms with Crippen molar-refractivity contribution in [1.29, 1.82) is 0 Å². The Kier molecular flexibility index (Phi) is 4.58. The molecule has 1 rings (SSSR count). The minimum Gasteiger partial charge on any atom is -0.380 e. The fourth-order valence-electron chi connectivity index (χ4n) is 1.32. The van der Waals surface area contributed by atoms with E-state index in [1.165, 1.54) is 6.92 Å². The van der Waals surface area contributed by atoms with Crippen LogP contribution in [0.4, 0.5) is 17.5 Å². The molecule has 0 radical (unpaired) electrons. The van der Waals surface area contributed by atoms with Crippen LogP contribution in [0.15, 0.2) is 0 Å². The van der Waals surface area contributed by atoms with Gasteiger partial charge in [-0.3, -0.25) is 10.1 Å². The Morgan fingerprint density at radius 1 is 1.53 bits per heavy atom. The van der Waals surface area contributed by atoms with Crippen LogP contribution < -0.4 is 11.1 Å². The van der Waals surface area contributed by atoms with E-state index in [4.69, 9.17) is 10.5 Å². The van der Waals surface area contributed by atoms with Crippen LogP contribution in [-0.4, -0.2) is 34.6 Å². The number of aromatic nitrogens is 2. The highest BCUT2D eigenvalue weighted by molar-refractivity contribution is 5.60. The lowest BCUT2D eigenvalue weighted by atomic mass is 10.3. The summed E-state index contributed by atoms with van der Waals surface area (Å²) in [5.41, 5.74) is 5.52. The zero-order chi connectivity index (χ0) is 12.8. The molecule has 0 aliphatic heterocycles. The number of ether oxygens (including phenoxy) is 1. The fraction of sp³-hybridized carbons (Fsp3) is 0.556. The number of rotatable bonds is 6. The Morgan fingerprint density at radius 2 is 2.24 bits per heavy atom. The summed E-state index contributed by atoms with van der Waals surface area (Å²) in [6.07, 6.45) is 0. The number of hydrogen-bond acceptors (Lipinski definition) is 7. The first-order valence-electron chi connectivity index (χ1n) is 5.16. The summed E-state index contributed by atoms with van der Waals surface area (Å²) in [6.45, 7) is 4.84. The van der Waals surface area contributed by atoms with Gasteiger partial charge in [0.15, 0.2) is 0 Å². The number of nitro groups is 1. The predicted octanol–water partition coefficient (Wildman–Crippen LogP) is 0.724. The number of nitrogens with zero attached hydrogens (tertiary/aromatic N) is 3. The van der Waals surface area contributed by atoms with Crippen LogP contribution >= 0.6 is 0 Å². The van der Waals surface area contributed by atoms with E-state index in [1.807, 2.05) is 6.92 Å². The van der Waals surface area contributed by atoms with E-state index >= 15 is 0 Å². The molecule has 0 spiro atoms. The van der Waals surface area contributed by atoms with Gasteiger partial charge in [0.05, 0.1) is 11.5 Å². The quantitative estimate of drug-likeness (QED) is 0.428. The zero-order valence-electron chi connectivity index (χ0n) is 9.77. The maximum absolute atomic E-state index is 10.9. The Bertz CT molecular complexity index is 410. The third-order valence-corrected chi connectivity index (χ3v) is 2.00. The van der Waals surface area contributed by atoms with Gasteiger partial charge < -0.3 is 15.8 Å².